The molecule has 3 atom stereocenters. The average molecular weight is 465 g/mol. The maximum Gasteiger partial charge on any atom is 0.413 e. The van der Waals surface area contributed by atoms with Crippen molar-refractivity contribution in [3.8, 4) is 0 Å². The van der Waals surface area contributed by atoms with E-state index in [0.29, 0.717) is 6.07 Å². The number of thioether (sulfide) groups is 1. The number of alkyl carbamates (subject to hydrolysis) is 1. The Labute approximate surface area is 178 Å². The molecule has 0 unspecified atom stereocenters. The van der Waals surface area contributed by atoms with Crippen molar-refractivity contribution in [2.45, 2.75) is 44.4 Å². The molecule has 1 N–H and O–H groups in total. The van der Waals surface area contributed by atoms with E-state index in [1.807, 2.05) is 0 Å². The van der Waals surface area contributed by atoms with Crippen molar-refractivity contribution >= 4 is 28.7 Å². The molecule has 1 aromatic rings. The maximum atomic E-state index is 14.8. The molecule has 0 aromatic heterocycles. The minimum Gasteiger partial charge on any atom is -0.444 e. The van der Waals surface area contributed by atoms with Crippen LogP contribution in [0.5, 0.6) is 0 Å². The van der Waals surface area contributed by atoms with Crippen LogP contribution in [0, 0.1) is 27.7 Å². The monoisotopic (exact) mass is 465 g/mol. The molecule has 3 rings (SSSR count). The van der Waals surface area contributed by atoms with Crippen LogP contribution in [0.4, 0.5) is 28.0 Å². The number of nitro groups is 1. The van der Waals surface area contributed by atoms with E-state index in [1.165, 1.54) is 0 Å². The van der Waals surface area contributed by atoms with Crippen molar-refractivity contribution in [3.05, 3.63) is 39.4 Å². The highest BCUT2D eigenvalue weighted by Crippen LogP contribution is 2.50. The number of non-ortho nitro benzene ring substituents is 1. The largest absolute Gasteiger partial charge is 0.444 e. The maximum absolute atomic E-state index is 14.8. The zero-order valence-corrected chi connectivity index (χ0v) is 17.5. The Morgan fingerprint density at radius 3 is 2.68 bits per heavy atom. The van der Waals surface area contributed by atoms with E-state index in [2.05, 4.69) is 10.3 Å². The molecule has 0 spiro atoms. The van der Waals surface area contributed by atoms with Crippen LogP contribution in [0.2, 0.25) is 0 Å². The molecule has 1 amide bonds. The van der Waals surface area contributed by atoms with Gasteiger partial charge in [0.25, 0.3) is 12.1 Å². The number of amidine groups is 1. The van der Waals surface area contributed by atoms with E-state index >= 15 is 0 Å². The standard InChI is InChI=1S/C18H19F4N3O5S/c1-17(2,3)30-16(26)23-15-24-18(7-29-13(14(21)22)10(18)6-31-15)9-4-8(25(27)28)5-11(19)12(9)20/h4-5,10,13-14H,6-7H2,1-3H3,(H,23,24,26)/t10-,13+,18-/m1/s1. The first-order valence-corrected chi connectivity index (χ1v) is 10.1. The second kappa shape index (κ2) is 8.26. The summed E-state index contributed by atoms with van der Waals surface area (Å²) in [4.78, 5) is 26.6. The Morgan fingerprint density at radius 2 is 2.10 bits per heavy atom. The Morgan fingerprint density at radius 1 is 1.42 bits per heavy atom. The summed E-state index contributed by atoms with van der Waals surface area (Å²) in [6, 6.07) is 1.15. The highest BCUT2D eigenvalue weighted by molar-refractivity contribution is 8.13. The number of rotatable bonds is 3. The minimum absolute atomic E-state index is 0.0877. The summed E-state index contributed by atoms with van der Waals surface area (Å²) in [5, 5.41) is 13.4. The third-order valence-electron chi connectivity index (χ3n) is 4.75. The molecule has 0 aliphatic carbocycles. The van der Waals surface area contributed by atoms with E-state index < -0.39 is 70.1 Å². The van der Waals surface area contributed by atoms with Crippen LogP contribution < -0.4 is 5.32 Å². The predicted molar refractivity (Wildman–Crippen MR) is 103 cm³/mol. The Bertz CT molecular complexity index is 940. The predicted octanol–water partition coefficient (Wildman–Crippen LogP) is 3.98. The molecule has 0 bridgehead atoms. The van der Waals surface area contributed by atoms with Crippen LogP contribution >= 0.6 is 11.8 Å². The van der Waals surface area contributed by atoms with Gasteiger partial charge in [0.05, 0.1) is 17.6 Å². The number of nitrogens with one attached hydrogen (secondary N) is 1. The molecule has 8 nitrogen and oxygen atoms in total. The molecule has 2 aliphatic rings. The summed E-state index contributed by atoms with van der Waals surface area (Å²) in [5.41, 5.74) is -4.08. The van der Waals surface area contributed by atoms with Crippen LogP contribution in [-0.4, -0.2) is 46.7 Å². The summed E-state index contributed by atoms with van der Waals surface area (Å²) < 4.78 is 66.3. The summed E-state index contributed by atoms with van der Waals surface area (Å²) in [7, 11) is 0. The van der Waals surface area contributed by atoms with Crippen molar-refractivity contribution in [2.75, 3.05) is 12.4 Å². The van der Waals surface area contributed by atoms with Crippen molar-refractivity contribution in [2.24, 2.45) is 10.9 Å². The second-order valence-corrected chi connectivity index (χ2v) is 9.05. The first kappa shape index (κ1) is 23.3. The van der Waals surface area contributed by atoms with Crippen molar-refractivity contribution in [3.63, 3.8) is 0 Å². The number of hydrogen-bond donors (Lipinski definition) is 1. The number of alkyl halides is 2. The lowest BCUT2D eigenvalue weighted by atomic mass is 9.78. The summed E-state index contributed by atoms with van der Waals surface area (Å²) in [5.74, 6) is -4.19. The first-order valence-electron chi connectivity index (χ1n) is 9.10. The third kappa shape index (κ3) is 4.61. The van der Waals surface area contributed by atoms with Crippen molar-refractivity contribution in [1.29, 1.82) is 0 Å². The number of benzene rings is 1. The molecule has 2 aliphatic heterocycles. The van der Waals surface area contributed by atoms with Gasteiger partial charge >= 0.3 is 6.09 Å². The highest BCUT2D eigenvalue weighted by Gasteiger charge is 2.57. The number of carbonyl (C=O) groups excluding carboxylic acids is 1. The lowest BCUT2D eigenvalue weighted by Crippen LogP contribution is -2.46. The Hall–Kier alpha value is -2.41. The van der Waals surface area contributed by atoms with Gasteiger partial charge < -0.3 is 9.47 Å². The smallest absolute Gasteiger partial charge is 0.413 e. The van der Waals surface area contributed by atoms with Crippen LogP contribution in [-0.2, 0) is 15.0 Å². The number of halogens is 4. The van der Waals surface area contributed by atoms with Crippen LogP contribution in [0.1, 0.15) is 26.3 Å². The van der Waals surface area contributed by atoms with Gasteiger partial charge in [0, 0.05) is 23.3 Å². The van der Waals surface area contributed by atoms with E-state index in [1.54, 1.807) is 20.8 Å². The summed E-state index contributed by atoms with van der Waals surface area (Å²) in [6.45, 7) is 4.29. The molecule has 1 fully saturated rings. The fourth-order valence-corrected chi connectivity index (χ4v) is 4.67. The molecular formula is C18H19F4N3O5S. The van der Waals surface area contributed by atoms with Gasteiger partial charge in [-0.25, -0.2) is 27.3 Å². The fourth-order valence-electron chi connectivity index (χ4n) is 3.48. The summed E-state index contributed by atoms with van der Waals surface area (Å²) >= 11 is 0.904. The van der Waals surface area contributed by atoms with E-state index in [4.69, 9.17) is 9.47 Å². The van der Waals surface area contributed by atoms with Gasteiger partial charge in [-0.1, -0.05) is 11.8 Å². The van der Waals surface area contributed by atoms with E-state index in [-0.39, 0.29) is 10.9 Å². The van der Waals surface area contributed by atoms with Crippen molar-refractivity contribution in [1.82, 2.24) is 5.32 Å². The average Bonchev–Trinajstić information content (AvgIpc) is 3.01. The molecule has 13 heteroatoms. The Kier molecular flexibility index (Phi) is 6.20. The molecule has 0 radical (unpaired) electrons. The summed E-state index contributed by atoms with van der Waals surface area (Å²) in [6.07, 6.45) is -5.49. The molecule has 31 heavy (non-hydrogen) atoms. The lowest BCUT2D eigenvalue weighted by molar-refractivity contribution is -0.385. The number of nitro benzene ring substituents is 1. The van der Waals surface area contributed by atoms with Gasteiger partial charge in [0.2, 0.25) is 0 Å². The second-order valence-electron chi connectivity index (χ2n) is 8.04. The van der Waals surface area contributed by atoms with Gasteiger partial charge in [0.1, 0.15) is 17.2 Å². The third-order valence-corrected chi connectivity index (χ3v) is 5.75. The molecule has 170 valence electrons. The normalized spacial score (nSPS) is 25.7. The van der Waals surface area contributed by atoms with Gasteiger partial charge in [-0.15, -0.1) is 0 Å². The number of amides is 1. The zero-order chi connectivity index (χ0) is 23.1. The molecule has 2 heterocycles. The topological polar surface area (TPSA) is 103 Å². The van der Waals surface area contributed by atoms with Crippen molar-refractivity contribution < 1.29 is 36.8 Å². The van der Waals surface area contributed by atoms with Crippen LogP contribution in [0.15, 0.2) is 17.1 Å². The highest BCUT2D eigenvalue weighted by atomic mass is 32.2. The number of hydrogen-bond acceptors (Lipinski definition) is 7. The Balaban J connectivity index is 2.09. The van der Waals surface area contributed by atoms with Gasteiger partial charge in [0.15, 0.2) is 16.8 Å². The lowest BCUT2D eigenvalue weighted by Gasteiger charge is -2.36. The van der Waals surface area contributed by atoms with Crippen LogP contribution in [0.3, 0.4) is 0 Å². The van der Waals surface area contributed by atoms with Gasteiger partial charge in [-0.05, 0) is 20.8 Å². The number of fused-ring (bicyclic) bond motifs is 1. The zero-order valence-electron chi connectivity index (χ0n) is 16.7. The van der Waals surface area contributed by atoms with Gasteiger partial charge in [-0.3, -0.25) is 15.4 Å². The number of aliphatic imine (C=N–C) groups is 1. The number of carbonyl (C=O) groups is 1. The molecule has 1 aromatic carbocycles. The molecule has 0 saturated carbocycles. The fraction of sp³-hybridized carbons (Fsp3) is 0.556. The quantitative estimate of drug-likeness (QED) is 0.412. The number of ether oxygens (including phenoxy) is 2. The van der Waals surface area contributed by atoms with E-state index in [0.717, 1.165) is 17.8 Å². The SMILES string of the molecule is CC(C)(C)OC(=O)NC1=N[C@@]2(c3cc([N+](=O)[O-])cc(F)c3F)CO[C@H](C(F)F)[C@H]2CS1. The minimum atomic E-state index is -2.95. The molecule has 1 saturated heterocycles. The first-order chi connectivity index (χ1) is 14.3. The number of nitrogens with zero attached hydrogens (tertiary/aromatic N) is 2. The van der Waals surface area contributed by atoms with E-state index in [9.17, 15) is 32.5 Å². The van der Waals surface area contributed by atoms with Crippen LogP contribution in [0.25, 0.3) is 0 Å². The molecular weight excluding hydrogens is 446 g/mol. The van der Waals surface area contributed by atoms with Gasteiger partial charge in [-0.2, -0.15) is 0 Å².